The summed E-state index contributed by atoms with van der Waals surface area (Å²) in [4.78, 5) is 12.8. The molecule has 4 heteroatoms. The fourth-order valence-corrected chi connectivity index (χ4v) is 2.41. The summed E-state index contributed by atoms with van der Waals surface area (Å²) in [6.45, 7) is 1.81. The summed E-state index contributed by atoms with van der Waals surface area (Å²) in [6, 6.07) is 18.6. The third-order valence-electron chi connectivity index (χ3n) is 3.47. The maximum atomic E-state index is 12.8. The van der Waals surface area contributed by atoms with E-state index in [9.17, 15) is 4.79 Å². The van der Waals surface area contributed by atoms with Gasteiger partial charge in [-0.2, -0.15) is 0 Å². The largest absolute Gasteiger partial charge is 0.496 e. The Bertz CT molecular complexity index is 822. The number of furan rings is 1. The van der Waals surface area contributed by atoms with E-state index in [1.54, 1.807) is 25.3 Å². The summed E-state index contributed by atoms with van der Waals surface area (Å²) in [5.74, 6) is 1.25. The maximum Gasteiger partial charge on any atom is 0.234 e. The van der Waals surface area contributed by atoms with Gasteiger partial charge >= 0.3 is 0 Å². The highest BCUT2D eigenvalue weighted by atomic mass is 16.5. The van der Waals surface area contributed by atoms with Gasteiger partial charge in [-0.15, -0.1) is 0 Å². The van der Waals surface area contributed by atoms with Crippen LogP contribution in [0, 0.1) is 6.92 Å². The molecule has 0 bridgehead atoms. The van der Waals surface area contributed by atoms with Crippen LogP contribution in [-0.2, 0) is 0 Å². The molecule has 0 unspecified atom stereocenters. The van der Waals surface area contributed by atoms with Gasteiger partial charge in [-0.3, -0.25) is 4.79 Å². The number of hydrogen-bond donors (Lipinski definition) is 1. The van der Waals surface area contributed by atoms with Crippen LogP contribution >= 0.6 is 0 Å². The maximum absolute atomic E-state index is 12.8. The van der Waals surface area contributed by atoms with Gasteiger partial charge in [-0.05, 0) is 31.2 Å². The lowest BCUT2D eigenvalue weighted by atomic mass is 10.1. The van der Waals surface area contributed by atoms with Crippen molar-refractivity contribution < 1.29 is 13.9 Å². The normalized spacial score (nSPS) is 10.3. The molecule has 0 aliphatic carbocycles. The first kappa shape index (κ1) is 14.9. The third-order valence-corrected chi connectivity index (χ3v) is 3.47. The Hall–Kier alpha value is -3.01. The summed E-state index contributed by atoms with van der Waals surface area (Å²) in [7, 11) is 1.54. The van der Waals surface area contributed by atoms with Crippen molar-refractivity contribution in [3.63, 3.8) is 0 Å². The van der Waals surface area contributed by atoms with E-state index in [2.05, 4.69) is 5.32 Å². The predicted molar refractivity (Wildman–Crippen MR) is 89.6 cm³/mol. The minimum Gasteiger partial charge on any atom is -0.496 e. The van der Waals surface area contributed by atoms with Gasteiger partial charge in [-0.25, -0.2) is 0 Å². The van der Waals surface area contributed by atoms with Gasteiger partial charge in [0.2, 0.25) is 5.78 Å². The zero-order valence-corrected chi connectivity index (χ0v) is 13.0. The molecule has 0 saturated heterocycles. The van der Waals surface area contributed by atoms with Crippen LogP contribution in [0.4, 0.5) is 11.4 Å². The Morgan fingerprint density at radius 1 is 1.04 bits per heavy atom. The molecule has 23 heavy (non-hydrogen) atoms. The highest BCUT2D eigenvalue weighted by Gasteiger charge is 2.22. The summed E-state index contributed by atoms with van der Waals surface area (Å²) < 4.78 is 10.9. The van der Waals surface area contributed by atoms with Crippen molar-refractivity contribution in [2.24, 2.45) is 0 Å². The predicted octanol–water partition coefficient (Wildman–Crippen LogP) is 4.57. The third kappa shape index (κ3) is 3.11. The molecule has 1 heterocycles. The van der Waals surface area contributed by atoms with Crippen LogP contribution < -0.4 is 10.1 Å². The van der Waals surface area contributed by atoms with Gasteiger partial charge in [0.15, 0.2) is 5.76 Å². The van der Waals surface area contributed by atoms with E-state index in [1.165, 1.54) is 0 Å². The number of hydrogen-bond acceptors (Lipinski definition) is 4. The number of benzene rings is 2. The second kappa shape index (κ2) is 6.40. The SMILES string of the molecule is COc1ccccc1C(=O)c1oc(C)cc1Nc1ccccc1. The van der Waals surface area contributed by atoms with Crippen LogP contribution in [0.2, 0.25) is 0 Å². The van der Waals surface area contributed by atoms with Gasteiger partial charge in [0.05, 0.1) is 18.4 Å². The van der Waals surface area contributed by atoms with Crippen LogP contribution in [0.1, 0.15) is 21.9 Å². The molecule has 116 valence electrons. The van der Waals surface area contributed by atoms with E-state index in [1.807, 2.05) is 49.4 Å². The molecule has 0 fully saturated rings. The van der Waals surface area contributed by atoms with Crippen molar-refractivity contribution >= 4 is 17.2 Å². The Labute approximate surface area is 134 Å². The zero-order chi connectivity index (χ0) is 16.2. The van der Waals surface area contributed by atoms with Crippen molar-refractivity contribution in [3.8, 4) is 5.75 Å². The lowest BCUT2D eigenvalue weighted by Gasteiger charge is -2.08. The van der Waals surface area contributed by atoms with Crippen molar-refractivity contribution in [3.05, 3.63) is 77.7 Å². The van der Waals surface area contributed by atoms with Crippen LogP contribution in [0.25, 0.3) is 0 Å². The number of methoxy groups -OCH3 is 1. The van der Waals surface area contributed by atoms with Crippen molar-refractivity contribution in [1.29, 1.82) is 0 Å². The minimum absolute atomic E-state index is 0.214. The number of para-hydroxylation sites is 2. The van der Waals surface area contributed by atoms with Crippen LogP contribution in [-0.4, -0.2) is 12.9 Å². The Morgan fingerprint density at radius 2 is 1.74 bits per heavy atom. The summed E-state index contributed by atoms with van der Waals surface area (Å²) >= 11 is 0. The van der Waals surface area contributed by atoms with E-state index in [0.29, 0.717) is 22.8 Å². The van der Waals surface area contributed by atoms with Gasteiger partial charge in [-0.1, -0.05) is 30.3 Å². The monoisotopic (exact) mass is 307 g/mol. The van der Waals surface area contributed by atoms with E-state index in [0.717, 1.165) is 5.69 Å². The first-order chi connectivity index (χ1) is 11.2. The Kier molecular flexibility index (Phi) is 4.15. The molecule has 2 aromatic carbocycles. The summed E-state index contributed by atoms with van der Waals surface area (Å²) in [5.41, 5.74) is 2.01. The summed E-state index contributed by atoms with van der Waals surface area (Å²) in [5, 5.41) is 3.23. The van der Waals surface area contributed by atoms with Crippen LogP contribution in [0.5, 0.6) is 5.75 Å². The second-order valence-corrected chi connectivity index (χ2v) is 5.12. The molecule has 0 radical (unpaired) electrons. The Morgan fingerprint density at radius 3 is 2.48 bits per heavy atom. The topological polar surface area (TPSA) is 51.5 Å². The smallest absolute Gasteiger partial charge is 0.234 e. The lowest BCUT2D eigenvalue weighted by Crippen LogP contribution is -2.05. The molecule has 0 atom stereocenters. The van der Waals surface area contributed by atoms with Gasteiger partial charge in [0.25, 0.3) is 0 Å². The highest BCUT2D eigenvalue weighted by molar-refractivity contribution is 6.12. The first-order valence-corrected chi connectivity index (χ1v) is 7.29. The van der Waals surface area contributed by atoms with Gasteiger partial charge in [0, 0.05) is 11.8 Å². The molecular formula is C19H17NO3. The molecule has 0 aliphatic rings. The standard InChI is InChI=1S/C19H17NO3/c1-13-12-16(20-14-8-4-3-5-9-14)19(23-13)18(21)15-10-6-7-11-17(15)22-2/h3-12,20H,1-2H3. The average molecular weight is 307 g/mol. The molecule has 3 aromatic rings. The van der Waals surface area contributed by atoms with E-state index in [-0.39, 0.29) is 11.5 Å². The van der Waals surface area contributed by atoms with Gasteiger partial charge < -0.3 is 14.5 Å². The fraction of sp³-hybridized carbons (Fsp3) is 0.105. The minimum atomic E-state index is -0.214. The molecular weight excluding hydrogens is 290 g/mol. The quantitative estimate of drug-likeness (QED) is 0.701. The molecule has 4 nitrogen and oxygen atoms in total. The number of anilines is 2. The zero-order valence-electron chi connectivity index (χ0n) is 13.0. The van der Waals surface area contributed by atoms with Gasteiger partial charge in [0.1, 0.15) is 11.5 Å². The summed E-state index contributed by atoms with van der Waals surface area (Å²) in [6.07, 6.45) is 0. The molecule has 0 spiro atoms. The van der Waals surface area contributed by atoms with Crippen molar-refractivity contribution in [2.45, 2.75) is 6.92 Å². The number of rotatable bonds is 5. The van der Waals surface area contributed by atoms with Crippen LogP contribution in [0.15, 0.2) is 65.1 Å². The number of nitrogens with one attached hydrogen (secondary N) is 1. The molecule has 3 rings (SSSR count). The van der Waals surface area contributed by atoms with Crippen molar-refractivity contribution in [1.82, 2.24) is 0 Å². The molecule has 0 saturated carbocycles. The molecule has 0 amide bonds. The molecule has 1 N–H and O–H groups in total. The van der Waals surface area contributed by atoms with E-state index < -0.39 is 0 Å². The number of ketones is 1. The number of aryl methyl sites for hydroxylation is 1. The highest BCUT2D eigenvalue weighted by Crippen LogP contribution is 2.29. The molecule has 1 aromatic heterocycles. The van der Waals surface area contributed by atoms with E-state index in [4.69, 9.17) is 9.15 Å². The Balaban J connectivity index is 1.98. The molecule has 0 aliphatic heterocycles. The average Bonchev–Trinajstić information content (AvgIpc) is 2.95. The van der Waals surface area contributed by atoms with Crippen molar-refractivity contribution in [2.75, 3.05) is 12.4 Å². The number of ether oxygens (including phenoxy) is 1. The first-order valence-electron chi connectivity index (χ1n) is 7.29. The lowest BCUT2D eigenvalue weighted by molar-refractivity contribution is 0.101. The fourth-order valence-electron chi connectivity index (χ4n) is 2.41. The number of carbonyl (C=O) groups excluding carboxylic acids is 1. The second-order valence-electron chi connectivity index (χ2n) is 5.12. The van der Waals surface area contributed by atoms with Crippen LogP contribution in [0.3, 0.4) is 0 Å². The number of carbonyl (C=O) groups is 1. The van der Waals surface area contributed by atoms with E-state index >= 15 is 0 Å².